The van der Waals surface area contributed by atoms with Crippen molar-refractivity contribution in [1.29, 1.82) is 0 Å². The maximum Gasteiger partial charge on any atom is 0.0863 e. The van der Waals surface area contributed by atoms with Gasteiger partial charge < -0.3 is 9.90 Å². The van der Waals surface area contributed by atoms with E-state index in [-0.39, 0.29) is 6.42 Å². The zero-order chi connectivity index (χ0) is 15.6. The molecule has 114 valence electrons. The summed E-state index contributed by atoms with van der Waals surface area (Å²) in [6, 6.07) is 15.3. The van der Waals surface area contributed by atoms with Gasteiger partial charge in [0.15, 0.2) is 0 Å². The molecular formula is C17H18N3O2-. The Morgan fingerprint density at radius 2 is 1.77 bits per heavy atom. The molecule has 1 N–H and O–H groups in total. The van der Waals surface area contributed by atoms with Crippen LogP contribution < -0.4 is 10.5 Å². The number of carboxylic acid groups (broad SMARTS) is 1. The third kappa shape index (κ3) is 5.36. The van der Waals surface area contributed by atoms with Crippen molar-refractivity contribution in [3.63, 3.8) is 0 Å². The summed E-state index contributed by atoms with van der Waals surface area (Å²) in [6.45, 7) is 0. The minimum Gasteiger partial charge on any atom is -0.550 e. The number of pyridine rings is 1. The van der Waals surface area contributed by atoms with Gasteiger partial charge in [0.05, 0.1) is 17.1 Å². The molecule has 1 heterocycles. The van der Waals surface area contributed by atoms with Crippen molar-refractivity contribution in [2.24, 2.45) is 5.10 Å². The lowest BCUT2D eigenvalue weighted by Crippen LogP contribution is -2.21. The summed E-state index contributed by atoms with van der Waals surface area (Å²) in [4.78, 5) is 14.8. The number of hydrogen-bond acceptors (Lipinski definition) is 5. The molecule has 0 atom stereocenters. The minimum atomic E-state index is -1.02. The molecule has 0 aliphatic heterocycles. The first kappa shape index (κ1) is 15.7. The number of nitrogens with one attached hydrogen (secondary N) is 1. The van der Waals surface area contributed by atoms with Gasteiger partial charge in [0.1, 0.15) is 0 Å². The van der Waals surface area contributed by atoms with Crippen LogP contribution in [0.1, 0.15) is 31.4 Å². The zero-order valence-corrected chi connectivity index (χ0v) is 12.2. The molecule has 22 heavy (non-hydrogen) atoms. The van der Waals surface area contributed by atoms with Crippen LogP contribution in [0, 0.1) is 0 Å². The molecule has 2 rings (SSSR count). The van der Waals surface area contributed by atoms with Gasteiger partial charge in [0.25, 0.3) is 0 Å². The van der Waals surface area contributed by atoms with E-state index in [1.807, 2.05) is 48.5 Å². The lowest BCUT2D eigenvalue weighted by Gasteiger charge is -2.08. The molecule has 2 aromatic rings. The Labute approximate surface area is 129 Å². The van der Waals surface area contributed by atoms with Crippen LogP contribution in [0.15, 0.2) is 59.8 Å². The van der Waals surface area contributed by atoms with E-state index in [4.69, 9.17) is 0 Å². The fraction of sp³-hybridized carbons (Fsp3) is 0.235. The Hall–Kier alpha value is -2.69. The van der Waals surface area contributed by atoms with Gasteiger partial charge in [0, 0.05) is 12.2 Å². The van der Waals surface area contributed by atoms with E-state index in [0.29, 0.717) is 12.8 Å². The fourth-order valence-corrected chi connectivity index (χ4v) is 1.98. The number of carbonyl (C=O) groups is 1. The van der Waals surface area contributed by atoms with Crippen molar-refractivity contribution < 1.29 is 9.90 Å². The van der Waals surface area contributed by atoms with Gasteiger partial charge in [0.2, 0.25) is 0 Å². The van der Waals surface area contributed by atoms with Gasteiger partial charge in [-0.3, -0.25) is 10.4 Å². The van der Waals surface area contributed by atoms with Crippen LogP contribution in [0.4, 0.5) is 5.69 Å². The monoisotopic (exact) mass is 296 g/mol. The molecule has 1 aromatic carbocycles. The number of unbranched alkanes of at least 4 members (excludes halogenated alkanes) is 1. The van der Waals surface area contributed by atoms with Crippen LogP contribution >= 0.6 is 0 Å². The molecule has 5 nitrogen and oxygen atoms in total. The van der Waals surface area contributed by atoms with Crippen molar-refractivity contribution in [3.05, 3.63) is 60.4 Å². The summed E-state index contributed by atoms with van der Waals surface area (Å²) in [7, 11) is 0. The Balaban J connectivity index is 2.03. The maximum atomic E-state index is 10.5. The van der Waals surface area contributed by atoms with E-state index in [9.17, 15) is 9.90 Å². The first-order valence-corrected chi connectivity index (χ1v) is 7.24. The van der Waals surface area contributed by atoms with E-state index >= 15 is 0 Å². The quantitative estimate of drug-likeness (QED) is 0.460. The number of benzene rings is 1. The summed E-state index contributed by atoms with van der Waals surface area (Å²) < 4.78 is 0. The van der Waals surface area contributed by atoms with E-state index in [2.05, 4.69) is 15.5 Å². The standard InChI is InChI=1S/C17H19N3O2/c21-17(22)12-5-4-11-16(15-10-6-7-13-18-15)20-19-14-8-2-1-3-9-14/h1-3,6-10,13,19H,4-5,11-12H2,(H,21,22)/p-1. The van der Waals surface area contributed by atoms with Gasteiger partial charge in [-0.2, -0.15) is 5.10 Å². The van der Waals surface area contributed by atoms with Crippen molar-refractivity contribution in [1.82, 2.24) is 4.98 Å². The lowest BCUT2D eigenvalue weighted by molar-refractivity contribution is -0.305. The highest BCUT2D eigenvalue weighted by Gasteiger charge is 2.05. The second-order valence-electron chi connectivity index (χ2n) is 4.83. The summed E-state index contributed by atoms with van der Waals surface area (Å²) >= 11 is 0. The number of nitrogens with zero attached hydrogens (tertiary/aromatic N) is 2. The predicted molar refractivity (Wildman–Crippen MR) is 84.3 cm³/mol. The third-order valence-electron chi connectivity index (χ3n) is 3.10. The summed E-state index contributed by atoms with van der Waals surface area (Å²) in [5.41, 5.74) is 5.51. The molecule has 0 fully saturated rings. The van der Waals surface area contributed by atoms with E-state index in [1.54, 1.807) is 6.20 Å². The SMILES string of the molecule is O=C([O-])CCCCC(=NNc1ccccc1)c1ccccn1. The second kappa shape index (κ2) is 8.56. The Morgan fingerprint density at radius 3 is 2.45 bits per heavy atom. The van der Waals surface area contributed by atoms with Crippen LogP contribution in [0.5, 0.6) is 0 Å². The first-order valence-electron chi connectivity index (χ1n) is 7.24. The number of aromatic nitrogens is 1. The minimum absolute atomic E-state index is 0.0710. The predicted octanol–water partition coefficient (Wildman–Crippen LogP) is 2.21. The van der Waals surface area contributed by atoms with Gasteiger partial charge in [-0.05, 0) is 49.9 Å². The molecule has 0 amide bonds. The first-order chi connectivity index (χ1) is 10.8. The van der Waals surface area contributed by atoms with Crippen molar-refractivity contribution in [2.45, 2.75) is 25.7 Å². The normalized spacial score (nSPS) is 11.2. The molecular weight excluding hydrogens is 278 g/mol. The van der Waals surface area contributed by atoms with Crippen LogP contribution in [-0.4, -0.2) is 16.7 Å². The Kier molecular flexibility index (Phi) is 6.11. The van der Waals surface area contributed by atoms with Crippen molar-refractivity contribution in [2.75, 3.05) is 5.43 Å². The molecule has 0 aliphatic rings. The number of carbonyl (C=O) groups excluding carboxylic acids is 1. The van der Waals surface area contributed by atoms with E-state index in [1.165, 1.54) is 0 Å². The molecule has 0 aliphatic carbocycles. The molecule has 1 aromatic heterocycles. The number of anilines is 1. The lowest BCUT2D eigenvalue weighted by atomic mass is 10.1. The number of aliphatic carboxylic acids is 1. The van der Waals surface area contributed by atoms with Crippen LogP contribution in [0.3, 0.4) is 0 Å². The molecule has 0 spiro atoms. The highest BCUT2D eigenvalue weighted by Crippen LogP contribution is 2.10. The second-order valence-corrected chi connectivity index (χ2v) is 4.83. The Morgan fingerprint density at radius 1 is 1.05 bits per heavy atom. The maximum absolute atomic E-state index is 10.5. The number of hydrazone groups is 1. The third-order valence-corrected chi connectivity index (χ3v) is 3.10. The number of hydrogen-bond donors (Lipinski definition) is 1. The smallest absolute Gasteiger partial charge is 0.0863 e. The molecule has 0 unspecified atom stereocenters. The highest BCUT2D eigenvalue weighted by atomic mass is 16.4. The average Bonchev–Trinajstić information content (AvgIpc) is 2.55. The van der Waals surface area contributed by atoms with Gasteiger partial charge in [-0.1, -0.05) is 24.3 Å². The number of para-hydroxylation sites is 1. The van der Waals surface area contributed by atoms with E-state index in [0.717, 1.165) is 23.5 Å². The zero-order valence-electron chi connectivity index (χ0n) is 12.2. The van der Waals surface area contributed by atoms with Gasteiger partial charge >= 0.3 is 0 Å². The van der Waals surface area contributed by atoms with Gasteiger partial charge in [-0.25, -0.2) is 0 Å². The molecule has 0 saturated heterocycles. The largest absolute Gasteiger partial charge is 0.550 e. The molecule has 5 heteroatoms. The Bertz CT molecular complexity index is 612. The molecule has 0 saturated carbocycles. The van der Waals surface area contributed by atoms with Crippen LogP contribution in [0.2, 0.25) is 0 Å². The van der Waals surface area contributed by atoms with E-state index < -0.39 is 5.97 Å². The van der Waals surface area contributed by atoms with Crippen molar-refractivity contribution >= 4 is 17.4 Å². The molecule has 0 radical (unpaired) electrons. The summed E-state index contributed by atoms with van der Waals surface area (Å²) in [5.74, 6) is -1.02. The summed E-state index contributed by atoms with van der Waals surface area (Å²) in [5, 5.41) is 14.9. The van der Waals surface area contributed by atoms with Crippen molar-refractivity contribution in [3.8, 4) is 0 Å². The van der Waals surface area contributed by atoms with Gasteiger partial charge in [-0.15, -0.1) is 0 Å². The highest BCUT2D eigenvalue weighted by molar-refractivity contribution is 5.99. The fourth-order valence-electron chi connectivity index (χ4n) is 1.98. The van der Waals surface area contributed by atoms with Crippen LogP contribution in [-0.2, 0) is 4.79 Å². The molecule has 0 bridgehead atoms. The number of carboxylic acids is 1. The van der Waals surface area contributed by atoms with Crippen LogP contribution in [0.25, 0.3) is 0 Å². The topological polar surface area (TPSA) is 77.4 Å². The summed E-state index contributed by atoms with van der Waals surface area (Å²) in [6.07, 6.45) is 3.74. The average molecular weight is 296 g/mol. The number of rotatable bonds is 8.